The van der Waals surface area contributed by atoms with Crippen molar-refractivity contribution in [3.05, 3.63) is 52.1 Å². The molecule has 0 unspecified atom stereocenters. The van der Waals surface area contributed by atoms with Crippen LogP contribution in [0.4, 0.5) is 17.1 Å². The Morgan fingerprint density at radius 1 is 1.18 bits per heavy atom. The number of nitrogens with one attached hydrogen (secondary N) is 1. The van der Waals surface area contributed by atoms with E-state index >= 15 is 0 Å². The zero-order chi connectivity index (χ0) is 24.1. The van der Waals surface area contributed by atoms with E-state index in [9.17, 15) is 24.5 Å². The highest BCUT2D eigenvalue weighted by Crippen LogP contribution is 2.36. The van der Waals surface area contributed by atoms with Crippen LogP contribution in [0, 0.1) is 23.0 Å². The summed E-state index contributed by atoms with van der Waals surface area (Å²) in [6, 6.07) is 9.23. The third-order valence-corrected chi connectivity index (χ3v) is 5.17. The van der Waals surface area contributed by atoms with Gasteiger partial charge in [-0.2, -0.15) is 0 Å². The van der Waals surface area contributed by atoms with Crippen LogP contribution in [0.5, 0.6) is 11.5 Å². The summed E-state index contributed by atoms with van der Waals surface area (Å²) in [5.74, 6) is -1.43. The molecule has 1 aliphatic heterocycles. The van der Waals surface area contributed by atoms with E-state index in [0.29, 0.717) is 22.7 Å². The molecular formula is C22H23N3O8. The first-order valence-electron chi connectivity index (χ1n) is 9.97. The second kappa shape index (κ2) is 9.98. The van der Waals surface area contributed by atoms with E-state index in [4.69, 9.17) is 14.2 Å². The van der Waals surface area contributed by atoms with E-state index in [1.165, 1.54) is 37.3 Å². The van der Waals surface area contributed by atoms with E-state index < -0.39 is 29.3 Å². The van der Waals surface area contributed by atoms with Gasteiger partial charge in [-0.25, -0.2) is 0 Å². The third-order valence-electron chi connectivity index (χ3n) is 5.17. The molecule has 0 aromatic heterocycles. The Kier molecular flexibility index (Phi) is 7.11. The van der Waals surface area contributed by atoms with Crippen LogP contribution in [-0.2, 0) is 19.1 Å². The number of methoxy groups -OCH3 is 2. The van der Waals surface area contributed by atoms with Gasteiger partial charge in [0.05, 0.1) is 30.7 Å². The molecule has 1 heterocycles. The standard InChI is InChI=1S/C22H23N3O8/c1-13-4-5-15(9-17(13)25(29)30)23-20(26)12-33-22(28)14-8-21(27)24(11-14)18-10-16(31-2)6-7-19(18)32-3/h4-7,9-10,14H,8,11-12H2,1-3H3,(H,23,26)/t14-/m0/s1. The van der Waals surface area contributed by atoms with Crippen LogP contribution in [0.25, 0.3) is 0 Å². The van der Waals surface area contributed by atoms with Gasteiger partial charge < -0.3 is 24.4 Å². The average molecular weight is 457 g/mol. The lowest BCUT2D eigenvalue weighted by molar-refractivity contribution is -0.385. The summed E-state index contributed by atoms with van der Waals surface area (Å²) >= 11 is 0. The second-order valence-electron chi connectivity index (χ2n) is 7.36. The number of rotatable bonds is 8. The highest BCUT2D eigenvalue weighted by atomic mass is 16.6. The fraction of sp³-hybridized carbons (Fsp3) is 0.318. The van der Waals surface area contributed by atoms with Crippen molar-refractivity contribution in [1.82, 2.24) is 0 Å². The highest BCUT2D eigenvalue weighted by Gasteiger charge is 2.37. The molecule has 1 fully saturated rings. The Morgan fingerprint density at radius 3 is 2.61 bits per heavy atom. The SMILES string of the molecule is COc1ccc(OC)c(N2C[C@@H](C(=O)OCC(=O)Nc3ccc(C)c([N+](=O)[O-])c3)CC2=O)c1. The average Bonchev–Trinajstić information content (AvgIpc) is 3.19. The van der Waals surface area contributed by atoms with Crippen molar-refractivity contribution in [3.8, 4) is 11.5 Å². The molecule has 0 bridgehead atoms. The topological polar surface area (TPSA) is 137 Å². The molecule has 1 saturated heterocycles. The molecule has 0 saturated carbocycles. The quantitative estimate of drug-likeness (QED) is 0.363. The van der Waals surface area contributed by atoms with Gasteiger partial charge in [-0.05, 0) is 25.1 Å². The van der Waals surface area contributed by atoms with E-state index in [2.05, 4.69) is 5.32 Å². The predicted octanol–water partition coefficient (Wildman–Crippen LogP) is 2.46. The van der Waals surface area contributed by atoms with Gasteiger partial charge in [0.1, 0.15) is 11.5 Å². The van der Waals surface area contributed by atoms with Crippen LogP contribution >= 0.6 is 0 Å². The first-order valence-corrected chi connectivity index (χ1v) is 9.97. The second-order valence-corrected chi connectivity index (χ2v) is 7.36. The smallest absolute Gasteiger partial charge is 0.311 e. The number of carbonyl (C=O) groups is 3. The lowest BCUT2D eigenvalue weighted by Gasteiger charge is -2.20. The van der Waals surface area contributed by atoms with Crippen molar-refractivity contribution in [3.63, 3.8) is 0 Å². The van der Waals surface area contributed by atoms with Gasteiger partial charge in [0.2, 0.25) is 5.91 Å². The van der Waals surface area contributed by atoms with E-state index in [1.807, 2.05) is 0 Å². The largest absolute Gasteiger partial charge is 0.497 e. The minimum absolute atomic E-state index is 0.0625. The van der Waals surface area contributed by atoms with Gasteiger partial charge in [-0.1, -0.05) is 6.07 Å². The number of anilines is 2. The number of nitrogens with zero attached hydrogens (tertiary/aromatic N) is 2. The van der Waals surface area contributed by atoms with Gasteiger partial charge in [0.25, 0.3) is 11.6 Å². The Morgan fingerprint density at radius 2 is 1.94 bits per heavy atom. The molecule has 0 aliphatic carbocycles. The van der Waals surface area contributed by atoms with E-state index in [-0.39, 0.29) is 30.2 Å². The summed E-state index contributed by atoms with van der Waals surface area (Å²) in [5.41, 5.74) is 0.992. The summed E-state index contributed by atoms with van der Waals surface area (Å²) < 4.78 is 15.6. The number of ether oxygens (including phenoxy) is 3. The fourth-order valence-electron chi connectivity index (χ4n) is 3.44. The molecule has 11 nitrogen and oxygen atoms in total. The number of carbonyl (C=O) groups excluding carboxylic acids is 3. The minimum Gasteiger partial charge on any atom is -0.497 e. The monoisotopic (exact) mass is 457 g/mol. The number of aryl methyl sites for hydroxylation is 1. The third kappa shape index (κ3) is 5.37. The van der Waals surface area contributed by atoms with E-state index in [1.54, 1.807) is 25.1 Å². The van der Waals surface area contributed by atoms with Crippen LogP contribution in [0.3, 0.4) is 0 Å². The lowest BCUT2D eigenvalue weighted by Crippen LogP contribution is -2.28. The molecule has 0 radical (unpaired) electrons. The van der Waals surface area contributed by atoms with Crippen molar-refractivity contribution in [1.29, 1.82) is 0 Å². The van der Waals surface area contributed by atoms with Gasteiger partial charge >= 0.3 is 5.97 Å². The fourth-order valence-corrected chi connectivity index (χ4v) is 3.44. The number of benzene rings is 2. The Bertz CT molecular complexity index is 1100. The first-order chi connectivity index (χ1) is 15.7. The highest BCUT2D eigenvalue weighted by molar-refractivity contribution is 6.01. The molecule has 1 N–H and O–H groups in total. The van der Waals surface area contributed by atoms with Gasteiger partial charge in [0, 0.05) is 36.3 Å². The van der Waals surface area contributed by atoms with Crippen LogP contribution in [0.15, 0.2) is 36.4 Å². The number of amides is 2. The molecule has 2 aromatic rings. The number of hydrogen-bond donors (Lipinski definition) is 1. The van der Waals surface area contributed by atoms with Crippen LogP contribution < -0.4 is 19.7 Å². The summed E-state index contributed by atoms with van der Waals surface area (Å²) in [7, 11) is 2.97. The molecule has 2 amide bonds. The zero-order valence-electron chi connectivity index (χ0n) is 18.3. The van der Waals surface area contributed by atoms with Crippen molar-refractivity contribution in [2.75, 3.05) is 37.6 Å². The van der Waals surface area contributed by atoms with Crippen LogP contribution in [0.2, 0.25) is 0 Å². The van der Waals surface area contributed by atoms with Gasteiger partial charge in [-0.3, -0.25) is 24.5 Å². The summed E-state index contributed by atoms with van der Waals surface area (Å²) in [5, 5.41) is 13.5. The van der Waals surface area contributed by atoms with Gasteiger partial charge in [0.15, 0.2) is 6.61 Å². The molecule has 1 aliphatic rings. The summed E-state index contributed by atoms with van der Waals surface area (Å²) in [6.07, 6.45) is -0.0784. The van der Waals surface area contributed by atoms with Gasteiger partial charge in [-0.15, -0.1) is 0 Å². The molecule has 11 heteroatoms. The maximum atomic E-state index is 12.5. The maximum absolute atomic E-state index is 12.5. The van der Waals surface area contributed by atoms with Crippen molar-refractivity contribution in [2.45, 2.75) is 13.3 Å². The number of esters is 1. The molecular weight excluding hydrogens is 434 g/mol. The number of hydrogen-bond acceptors (Lipinski definition) is 8. The normalized spacial score (nSPS) is 15.2. The molecule has 2 aromatic carbocycles. The Labute approximate surface area is 189 Å². The van der Waals surface area contributed by atoms with Crippen LogP contribution in [-0.4, -0.2) is 50.1 Å². The van der Waals surface area contributed by atoms with Crippen LogP contribution in [0.1, 0.15) is 12.0 Å². The predicted molar refractivity (Wildman–Crippen MR) is 117 cm³/mol. The Hall–Kier alpha value is -4.15. The lowest BCUT2D eigenvalue weighted by atomic mass is 10.1. The van der Waals surface area contributed by atoms with Crippen molar-refractivity contribution in [2.24, 2.45) is 5.92 Å². The molecule has 33 heavy (non-hydrogen) atoms. The van der Waals surface area contributed by atoms with E-state index in [0.717, 1.165) is 0 Å². The maximum Gasteiger partial charge on any atom is 0.311 e. The number of nitro groups is 1. The Balaban J connectivity index is 1.60. The molecule has 3 rings (SSSR count). The number of nitro benzene ring substituents is 1. The summed E-state index contributed by atoms with van der Waals surface area (Å²) in [6.45, 7) is 1.06. The first kappa shape index (κ1) is 23.5. The molecule has 1 atom stereocenters. The minimum atomic E-state index is -0.762. The summed E-state index contributed by atoms with van der Waals surface area (Å²) in [4.78, 5) is 49.0. The zero-order valence-corrected chi connectivity index (χ0v) is 18.3. The van der Waals surface area contributed by atoms with Crippen molar-refractivity contribution >= 4 is 34.8 Å². The molecule has 0 spiro atoms. The van der Waals surface area contributed by atoms with Crippen molar-refractivity contribution < 1.29 is 33.5 Å². The molecule has 174 valence electrons.